The number of rotatable bonds is 8. The van der Waals surface area contributed by atoms with Crippen molar-refractivity contribution < 1.29 is 9.84 Å². The Morgan fingerprint density at radius 1 is 0.957 bits per heavy atom. The van der Waals surface area contributed by atoms with Crippen molar-refractivity contribution in [1.29, 1.82) is 0 Å². The lowest BCUT2D eigenvalue weighted by Crippen LogP contribution is -2.30. The Bertz CT molecular complexity index is 560. The number of likely N-dealkylation sites (N-methyl/N-ethyl adjacent to an activating group) is 1. The zero-order valence-corrected chi connectivity index (χ0v) is 14.6. The number of hydrogen-bond donors (Lipinski definition) is 1. The summed E-state index contributed by atoms with van der Waals surface area (Å²) < 4.78 is 5.81. The van der Waals surface area contributed by atoms with Gasteiger partial charge < -0.3 is 14.7 Å². The van der Waals surface area contributed by atoms with Crippen LogP contribution in [0, 0.1) is 0 Å². The lowest BCUT2D eigenvalue weighted by Gasteiger charge is -2.18. The van der Waals surface area contributed by atoms with Crippen LogP contribution in [0.2, 0.25) is 0 Å². The van der Waals surface area contributed by atoms with Gasteiger partial charge in [-0.15, -0.1) is 12.4 Å². The Hall–Kier alpha value is -1.55. The minimum absolute atomic E-state index is 0. The van der Waals surface area contributed by atoms with Crippen molar-refractivity contribution in [3.8, 4) is 5.75 Å². The standard InChI is InChI=1S/C19H25NO2.ClH/c1-20(2)14-18(21)15-22-19-11-7-6-10-17(19)13-12-16-8-4-3-5-9-16;/h3-11,18,21H,12-15H2,1-2H3;1H. The highest BCUT2D eigenvalue weighted by Crippen LogP contribution is 2.20. The van der Waals surface area contributed by atoms with E-state index in [1.54, 1.807) is 0 Å². The van der Waals surface area contributed by atoms with Gasteiger partial charge in [0.15, 0.2) is 0 Å². The Kier molecular flexibility index (Phi) is 8.70. The zero-order chi connectivity index (χ0) is 15.8. The molecule has 3 nitrogen and oxygen atoms in total. The maximum atomic E-state index is 9.91. The molecule has 1 unspecified atom stereocenters. The topological polar surface area (TPSA) is 32.7 Å². The van der Waals surface area contributed by atoms with Gasteiger partial charge >= 0.3 is 0 Å². The van der Waals surface area contributed by atoms with E-state index in [2.05, 4.69) is 30.3 Å². The highest BCUT2D eigenvalue weighted by molar-refractivity contribution is 5.85. The first kappa shape index (κ1) is 19.5. The van der Waals surface area contributed by atoms with Gasteiger partial charge in [-0.25, -0.2) is 0 Å². The molecule has 0 spiro atoms. The van der Waals surface area contributed by atoms with E-state index in [0.29, 0.717) is 13.2 Å². The third-order valence-corrected chi connectivity index (χ3v) is 3.51. The molecule has 2 aromatic rings. The van der Waals surface area contributed by atoms with Crippen LogP contribution in [-0.4, -0.2) is 43.4 Å². The maximum Gasteiger partial charge on any atom is 0.122 e. The summed E-state index contributed by atoms with van der Waals surface area (Å²) >= 11 is 0. The molecule has 0 heterocycles. The number of aryl methyl sites for hydroxylation is 2. The first-order valence-corrected chi connectivity index (χ1v) is 7.72. The zero-order valence-electron chi connectivity index (χ0n) is 13.8. The Morgan fingerprint density at radius 2 is 1.61 bits per heavy atom. The fourth-order valence-electron chi connectivity index (χ4n) is 2.44. The lowest BCUT2D eigenvalue weighted by atomic mass is 10.0. The molecule has 0 saturated carbocycles. The van der Waals surface area contributed by atoms with E-state index in [1.165, 1.54) is 11.1 Å². The average molecular weight is 336 g/mol. The van der Waals surface area contributed by atoms with Gasteiger partial charge in [0, 0.05) is 6.54 Å². The number of hydrogen-bond acceptors (Lipinski definition) is 3. The second kappa shape index (κ2) is 10.3. The Balaban J connectivity index is 0.00000264. The van der Waals surface area contributed by atoms with Crippen molar-refractivity contribution in [2.45, 2.75) is 18.9 Å². The summed E-state index contributed by atoms with van der Waals surface area (Å²) in [5.74, 6) is 0.872. The van der Waals surface area contributed by atoms with E-state index >= 15 is 0 Å². The second-order valence-electron chi connectivity index (χ2n) is 5.82. The summed E-state index contributed by atoms with van der Waals surface area (Å²) in [5.41, 5.74) is 2.51. The summed E-state index contributed by atoms with van der Waals surface area (Å²) in [5, 5.41) is 9.91. The van der Waals surface area contributed by atoms with Crippen LogP contribution in [0.5, 0.6) is 5.75 Å². The SMILES string of the molecule is CN(C)CC(O)COc1ccccc1CCc1ccccc1.Cl. The molecule has 0 aliphatic heterocycles. The molecule has 0 saturated heterocycles. The van der Waals surface area contributed by atoms with E-state index < -0.39 is 6.10 Å². The molecule has 0 aliphatic rings. The summed E-state index contributed by atoms with van der Waals surface area (Å²) in [6.07, 6.45) is 1.45. The average Bonchev–Trinajstić information content (AvgIpc) is 2.52. The van der Waals surface area contributed by atoms with E-state index in [4.69, 9.17) is 4.74 Å². The number of nitrogens with zero attached hydrogens (tertiary/aromatic N) is 1. The normalized spacial score (nSPS) is 11.8. The number of para-hydroxylation sites is 1. The molecular formula is C19H26ClNO2. The molecule has 1 atom stereocenters. The monoisotopic (exact) mass is 335 g/mol. The second-order valence-corrected chi connectivity index (χ2v) is 5.82. The molecule has 0 bridgehead atoms. The van der Waals surface area contributed by atoms with E-state index in [1.807, 2.05) is 43.3 Å². The van der Waals surface area contributed by atoms with E-state index in [0.717, 1.165) is 18.6 Å². The summed E-state index contributed by atoms with van der Waals surface area (Å²) in [6, 6.07) is 18.5. The van der Waals surface area contributed by atoms with Crippen LogP contribution in [0.15, 0.2) is 54.6 Å². The molecule has 126 valence electrons. The van der Waals surface area contributed by atoms with Crippen molar-refractivity contribution >= 4 is 12.4 Å². The highest BCUT2D eigenvalue weighted by Gasteiger charge is 2.09. The van der Waals surface area contributed by atoms with Gasteiger partial charge in [-0.2, -0.15) is 0 Å². The number of ether oxygens (including phenoxy) is 1. The first-order chi connectivity index (χ1) is 10.6. The molecule has 0 amide bonds. The molecule has 23 heavy (non-hydrogen) atoms. The number of halogens is 1. The minimum atomic E-state index is -0.475. The van der Waals surface area contributed by atoms with Crippen LogP contribution in [-0.2, 0) is 12.8 Å². The minimum Gasteiger partial charge on any atom is -0.491 e. The fourth-order valence-corrected chi connectivity index (χ4v) is 2.44. The van der Waals surface area contributed by atoms with Gasteiger partial charge in [-0.3, -0.25) is 0 Å². The largest absolute Gasteiger partial charge is 0.491 e. The van der Waals surface area contributed by atoms with Gasteiger partial charge in [-0.05, 0) is 44.1 Å². The lowest BCUT2D eigenvalue weighted by molar-refractivity contribution is 0.0827. The molecular weight excluding hydrogens is 310 g/mol. The molecule has 2 aromatic carbocycles. The van der Waals surface area contributed by atoms with Gasteiger partial charge in [-0.1, -0.05) is 48.5 Å². The summed E-state index contributed by atoms with van der Waals surface area (Å²) in [4.78, 5) is 1.95. The predicted octanol–water partition coefficient (Wildman–Crippen LogP) is 3.19. The molecule has 0 fully saturated rings. The van der Waals surface area contributed by atoms with E-state index in [-0.39, 0.29) is 12.4 Å². The van der Waals surface area contributed by atoms with Crippen LogP contribution >= 0.6 is 12.4 Å². The summed E-state index contributed by atoms with van der Waals surface area (Å²) in [7, 11) is 3.88. The molecule has 0 aliphatic carbocycles. The molecule has 4 heteroatoms. The van der Waals surface area contributed by atoms with Crippen molar-refractivity contribution in [2.24, 2.45) is 0 Å². The van der Waals surface area contributed by atoms with E-state index in [9.17, 15) is 5.11 Å². The van der Waals surface area contributed by atoms with Gasteiger partial charge in [0.05, 0.1) is 0 Å². The third-order valence-electron chi connectivity index (χ3n) is 3.51. The molecule has 2 rings (SSSR count). The quantitative estimate of drug-likeness (QED) is 0.804. The Morgan fingerprint density at radius 3 is 2.30 bits per heavy atom. The fraction of sp³-hybridized carbons (Fsp3) is 0.368. The van der Waals surface area contributed by atoms with Crippen LogP contribution < -0.4 is 4.74 Å². The van der Waals surface area contributed by atoms with Crippen LogP contribution in [0.3, 0.4) is 0 Å². The number of aliphatic hydroxyl groups is 1. The smallest absolute Gasteiger partial charge is 0.122 e. The Labute approximate surface area is 145 Å². The molecule has 0 radical (unpaired) electrons. The highest BCUT2D eigenvalue weighted by atomic mass is 35.5. The van der Waals surface area contributed by atoms with Gasteiger partial charge in [0.2, 0.25) is 0 Å². The van der Waals surface area contributed by atoms with Crippen molar-refractivity contribution in [3.63, 3.8) is 0 Å². The van der Waals surface area contributed by atoms with Crippen molar-refractivity contribution in [2.75, 3.05) is 27.2 Å². The first-order valence-electron chi connectivity index (χ1n) is 7.72. The van der Waals surface area contributed by atoms with Crippen LogP contribution in [0.1, 0.15) is 11.1 Å². The third kappa shape index (κ3) is 7.04. The molecule has 0 aromatic heterocycles. The number of aliphatic hydroxyl groups excluding tert-OH is 1. The molecule has 1 N–H and O–H groups in total. The van der Waals surface area contributed by atoms with Crippen LogP contribution in [0.4, 0.5) is 0 Å². The van der Waals surface area contributed by atoms with Gasteiger partial charge in [0.25, 0.3) is 0 Å². The van der Waals surface area contributed by atoms with Crippen LogP contribution in [0.25, 0.3) is 0 Å². The van der Waals surface area contributed by atoms with Crippen molar-refractivity contribution in [3.05, 3.63) is 65.7 Å². The van der Waals surface area contributed by atoms with Crippen molar-refractivity contribution in [1.82, 2.24) is 4.90 Å². The van der Waals surface area contributed by atoms with Gasteiger partial charge in [0.1, 0.15) is 18.5 Å². The maximum absolute atomic E-state index is 9.91. The predicted molar refractivity (Wildman–Crippen MR) is 97.6 cm³/mol. The summed E-state index contributed by atoms with van der Waals surface area (Å²) in [6.45, 7) is 0.923. The number of benzene rings is 2.